The first kappa shape index (κ1) is 8.76. The van der Waals surface area contributed by atoms with Crippen molar-refractivity contribution in [3.63, 3.8) is 0 Å². The van der Waals surface area contributed by atoms with Gasteiger partial charge in [-0.1, -0.05) is 0 Å². The molecule has 0 aliphatic carbocycles. The first-order valence-electron chi connectivity index (χ1n) is 3.71. The Hall–Kier alpha value is -1.82. The maximum absolute atomic E-state index is 10.4. The van der Waals surface area contributed by atoms with E-state index in [1.165, 1.54) is 23.5 Å². The molecule has 2 aromatic rings. The minimum absolute atomic E-state index is 0.0137. The van der Waals surface area contributed by atoms with Crippen LogP contribution >= 0.6 is 11.3 Å². The molecule has 70 valence electrons. The molecule has 0 spiro atoms. The van der Waals surface area contributed by atoms with Crippen LogP contribution in [-0.2, 0) is 0 Å². The molecule has 0 amide bonds. The predicted molar refractivity (Wildman–Crippen MR) is 51.7 cm³/mol. The summed E-state index contributed by atoms with van der Waals surface area (Å²) in [5, 5.41) is 10.8. The highest BCUT2D eigenvalue weighted by Crippen LogP contribution is 2.24. The lowest BCUT2D eigenvalue weighted by Crippen LogP contribution is -1.86. The molecule has 5 nitrogen and oxygen atoms in total. The van der Waals surface area contributed by atoms with Crippen LogP contribution in [0.15, 0.2) is 18.2 Å². The van der Waals surface area contributed by atoms with E-state index < -0.39 is 4.92 Å². The fraction of sp³-hybridized carbons (Fsp3) is 0. The van der Waals surface area contributed by atoms with Crippen molar-refractivity contribution in [2.75, 3.05) is 0 Å². The number of nitrogens with zero attached hydrogens (tertiary/aromatic N) is 2. The zero-order valence-electron chi connectivity index (χ0n) is 6.84. The normalized spacial score (nSPS) is 10.3. The Bertz CT molecular complexity index is 520. The summed E-state index contributed by atoms with van der Waals surface area (Å²) in [5.41, 5.74) is 0.478. The average molecular weight is 208 g/mol. The Morgan fingerprint density at radius 3 is 2.93 bits per heavy atom. The van der Waals surface area contributed by atoms with E-state index in [2.05, 4.69) is 4.98 Å². The van der Waals surface area contributed by atoms with Crippen LogP contribution in [0, 0.1) is 10.1 Å². The van der Waals surface area contributed by atoms with Crippen LogP contribution in [0.25, 0.3) is 10.2 Å². The van der Waals surface area contributed by atoms with Crippen molar-refractivity contribution in [3.05, 3.63) is 33.3 Å². The summed E-state index contributed by atoms with van der Waals surface area (Å²) in [7, 11) is 0. The number of non-ortho nitro benzene ring substituents is 1. The number of hydrogen-bond acceptors (Lipinski definition) is 5. The predicted octanol–water partition coefficient (Wildman–Crippen LogP) is 2.02. The minimum atomic E-state index is -0.487. The van der Waals surface area contributed by atoms with Crippen molar-refractivity contribution in [2.24, 2.45) is 0 Å². The summed E-state index contributed by atoms with van der Waals surface area (Å²) in [5.74, 6) is 0. The van der Waals surface area contributed by atoms with Gasteiger partial charge in [-0.15, -0.1) is 11.3 Å². The van der Waals surface area contributed by atoms with Gasteiger partial charge >= 0.3 is 0 Å². The first-order chi connectivity index (χ1) is 6.70. The van der Waals surface area contributed by atoms with Crippen molar-refractivity contribution in [1.29, 1.82) is 0 Å². The first-order valence-corrected chi connectivity index (χ1v) is 4.52. The Balaban J connectivity index is 2.65. The fourth-order valence-electron chi connectivity index (χ4n) is 1.10. The molecule has 0 radical (unpaired) electrons. The van der Waals surface area contributed by atoms with Gasteiger partial charge < -0.3 is 0 Å². The quantitative estimate of drug-likeness (QED) is 0.430. The van der Waals surface area contributed by atoms with Gasteiger partial charge in [-0.25, -0.2) is 4.98 Å². The van der Waals surface area contributed by atoms with Crippen molar-refractivity contribution in [1.82, 2.24) is 4.98 Å². The molecule has 14 heavy (non-hydrogen) atoms. The number of nitro benzene ring substituents is 1. The summed E-state index contributed by atoms with van der Waals surface area (Å²) >= 11 is 1.22. The summed E-state index contributed by atoms with van der Waals surface area (Å²) in [6, 6.07) is 4.35. The third kappa shape index (κ3) is 1.35. The summed E-state index contributed by atoms with van der Waals surface area (Å²) in [6.45, 7) is 0. The van der Waals surface area contributed by atoms with Gasteiger partial charge in [-0.3, -0.25) is 14.9 Å². The van der Waals surface area contributed by atoms with E-state index in [1.807, 2.05) is 0 Å². The average Bonchev–Trinajstić information content (AvgIpc) is 2.58. The highest BCUT2D eigenvalue weighted by molar-refractivity contribution is 7.20. The number of rotatable bonds is 2. The molecular weight excluding hydrogens is 204 g/mol. The lowest BCUT2D eigenvalue weighted by atomic mass is 10.3. The highest BCUT2D eigenvalue weighted by Gasteiger charge is 2.09. The van der Waals surface area contributed by atoms with Crippen LogP contribution in [0.4, 0.5) is 5.69 Å². The molecule has 1 heterocycles. The molecule has 0 unspecified atom stereocenters. The van der Waals surface area contributed by atoms with E-state index >= 15 is 0 Å². The second-order valence-electron chi connectivity index (χ2n) is 2.58. The summed E-state index contributed by atoms with van der Waals surface area (Å²) in [4.78, 5) is 24.3. The highest BCUT2D eigenvalue weighted by atomic mass is 32.1. The molecule has 0 saturated carbocycles. The van der Waals surface area contributed by atoms with E-state index in [4.69, 9.17) is 0 Å². The number of thiazole rings is 1. The number of benzene rings is 1. The van der Waals surface area contributed by atoms with Gasteiger partial charge in [0.05, 0.1) is 15.1 Å². The van der Waals surface area contributed by atoms with Crippen LogP contribution in [0.2, 0.25) is 0 Å². The Labute approximate surface area is 82.2 Å². The van der Waals surface area contributed by atoms with Crippen LogP contribution in [-0.4, -0.2) is 16.2 Å². The molecule has 0 saturated heterocycles. The Kier molecular flexibility index (Phi) is 1.97. The third-order valence-electron chi connectivity index (χ3n) is 1.70. The van der Waals surface area contributed by atoms with E-state index in [0.717, 1.165) is 4.70 Å². The van der Waals surface area contributed by atoms with Gasteiger partial charge in [0.25, 0.3) is 5.69 Å². The number of carbonyl (C=O) groups excluding carboxylic acids is 1. The zero-order chi connectivity index (χ0) is 10.1. The van der Waals surface area contributed by atoms with Gasteiger partial charge in [0, 0.05) is 12.1 Å². The fourth-order valence-corrected chi connectivity index (χ4v) is 1.86. The van der Waals surface area contributed by atoms with Crippen molar-refractivity contribution in [2.45, 2.75) is 0 Å². The van der Waals surface area contributed by atoms with Crippen molar-refractivity contribution >= 4 is 33.5 Å². The zero-order valence-corrected chi connectivity index (χ0v) is 7.65. The summed E-state index contributed by atoms with van der Waals surface area (Å²) in [6.07, 6.45) is 0.635. The lowest BCUT2D eigenvalue weighted by Gasteiger charge is -1.88. The molecule has 6 heteroatoms. The molecule has 0 aliphatic heterocycles. The van der Waals surface area contributed by atoms with Crippen molar-refractivity contribution in [3.8, 4) is 0 Å². The van der Waals surface area contributed by atoms with Crippen LogP contribution in [0.3, 0.4) is 0 Å². The Morgan fingerprint density at radius 2 is 2.29 bits per heavy atom. The van der Waals surface area contributed by atoms with E-state index in [-0.39, 0.29) is 5.69 Å². The molecule has 0 aliphatic rings. The molecule has 0 atom stereocenters. The maximum atomic E-state index is 10.4. The van der Waals surface area contributed by atoms with Gasteiger partial charge in [0.1, 0.15) is 0 Å². The SMILES string of the molecule is O=Cc1nc2cc([N+](=O)[O-])ccc2s1. The van der Waals surface area contributed by atoms with E-state index in [1.54, 1.807) is 6.07 Å². The monoisotopic (exact) mass is 208 g/mol. The van der Waals surface area contributed by atoms with Gasteiger partial charge in [-0.2, -0.15) is 0 Å². The van der Waals surface area contributed by atoms with E-state index in [9.17, 15) is 14.9 Å². The van der Waals surface area contributed by atoms with Crippen LogP contribution < -0.4 is 0 Å². The largest absolute Gasteiger partial charge is 0.295 e. The molecule has 0 bridgehead atoms. The number of aldehydes is 1. The van der Waals surface area contributed by atoms with E-state index in [0.29, 0.717) is 16.8 Å². The van der Waals surface area contributed by atoms with Crippen LogP contribution in [0.5, 0.6) is 0 Å². The number of aromatic nitrogens is 1. The molecule has 2 rings (SSSR count). The number of nitro groups is 1. The molecule has 1 aromatic carbocycles. The third-order valence-corrected chi connectivity index (χ3v) is 2.66. The molecule has 1 aromatic heterocycles. The molecule has 0 N–H and O–H groups in total. The molecular formula is C8H4N2O3S. The Morgan fingerprint density at radius 1 is 1.50 bits per heavy atom. The smallest absolute Gasteiger partial charge is 0.271 e. The van der Waals surface area contributed by atoms with Gasteiger partial charge in [-0.05, 0) is 6.07 Å². The molecule has 0 fully saturated rings. The number of fused-ring (bicyclic) bond motifs is 1. The standard InChI is InChI=1S/C8H4N2O3S/c11-4-8-9-6-3-5(10(12)13)1-2-7(6)14-8/h1-4H. The van der Waals surface area contributed by atoms with Crippen molar-refractivity contribution < 1.29 is 9.72 Å². The maximum Gasteiger partial charge on any atom is 0.271 e. The van der Waals surface area contributed by atoms with Gasteiger partial charge in [0.2, 0.25) is 0 Å². The topological polar surface area (TPSA) is 73.1 Å². The lowest BCUT2D eigenvalue weighted by molar-refractivity contribution is -0.384. The summed E-state index contributed by atoms with van der Waals surface area (Å²) < 4.78 is 0.776. The van der Waals surface area contributed by atoms with Crippen LogP contribution in [0.1, 0.15) is 9.80 Å². The number of carbonyl (C=O) groups is 1. The number of hydrogen-bond donors (Lipinski definition) is 0. The second kappa shape index (κ2) is 3.15. The minimum Gasteiger partial charge on any atom is -0.295 e. The van der Waals surface area contributed by atoms with Gasteiger partial charge in [0.15, 0.2) is 11.3 Å². The second-order valence-corrected chi connectivity index (χ2v) is 3.64.